The van der Waals surface area contributed by atoms with Crippen LogP contribution in [0.1, 0.15) is 40.0 Å². The van der Waals surface area contributed by atoms with Gasteiger partial charge in [-0.15, -0.1) is 0 Å². The first-order chi connectivity index (χ1) is 7.87. The van der Waals surface area contributed by atoms with Crippen LogP contribution in [0, 0.1) is 22.7 Å². The Morgan fingerprint density at radius 1 is 1.59 bits per heavy atom. The van der Waals surface area contributed by atoms with Gasteiger partial charge >= 0.3 is 5.97 Å². The van der Waals surface area contributed by atoms with E-state index in [9.17, 15) is 4.79 Å². The van der Waals surface area contributed by atoms with E-state index in [4.69, 9.17) is 10.4 Å². The molecule has 96 valence electrons. The molecule has 0 amide bonds. The molecular weight excluding hydrogens is 216 g/mol. The van der Waals surface area contributed by atoms with E-state index in [1.165, 1.54) is 0 Å². The molecule has 1 fully saturated rings. The van der Waals surface area contributed by atoms with Crippen molar-refractivity contribution in [2.45, 2.75) is 46.1 Å². The number of aliphatic carboxylic acids is 1. The Kier molecular flexibility index (Phi) is 4.53. The predicted octanol–water partition coefficient (Wildman–Crippen LogP) is 2.11. The lowest BCUT2D eigenvalue weighted by atomic mass is 9.90. The number of nitrogens with zero attached hydrogens (tertiary/aromatic N) is 2. The summed E-state index contributed by atoms with van der Waals surface area (Å²) in [6.07, 6.45) is 2.66. The summed E-state index contributed by atoms with van der Waals surface area (Å²) in [6, 6.07) is 1.94. The van der Waals surface area contributed by atoms with Gasteiger partial charge < -0.3 is 5.11 Å². The van der Waals surface area contributed by atoms with Gasteiger partial charge in [-0.05, 0) is 52.1 Å². The lowest BCUT2D eigenvalue weighted by Crippen LogP contribution is -2.39. The first-order valence-corrected chi connectivity index (χ1v) is 6.25. The first-order valence-electron chi connectivity index (χ1n) is 6.25. The molecule has 4 heteroatoms. The Balaban J connectivity index is 2.42. The predicted molar refractivity (Wildman–Crippen MR) is 65.4 cm³/mol. The maximum atomic E-state index is 11.1. The molecule has 0 aromatic rings. The SMILES string of the molecule is CC1CCN(CCCC(C)(C)C#N)C1C(=O)O. The molecule has 4 nitrogen and oxygen atoms in total. The van der Waals surface area contributed by atoms with E-state index in [1.54, 1.807) is 0 Å². The highest BCUT2D eigenvalue weighted by Gasteiger charge is 2.36. The fraction of sp³-hybridized carbons (Fsp3) is 0.846. The van der Waals surface area contributed by atoms with Gasteiger partial charge in [0.1, 0.15) is 6.04 Å². The highest BCUT2D eigenvalue weighted by molar-refractivity contribution is 5.74. The lowest BCUT2D eigenvalue weighted by molar-refractivity contribution is -0.143. The Morgan fingerprint density at radius 3 is 2.76 bits per heavy atom. The van der Waals surface area contributed by atoms with E-state index in [0.29, 0.717) is 0 Å². The second-order valence-corrected chi connectivity index (χ2v) is 5.68. The van der Waals surface area contributed by atoms with Crippen molar-refractivity contribution >= 4 is 5.97 Å². The third-order valence-corrected chi connectivity index (χ3v) is 3.61. The van der Waals surface area contributed by atoms with E-state index in [2.05, 4.69) is 6.07 Å². The Hall–Kier alpha value is -1.08. The fourth-order valence-corrected chi connectivity index (χ4v) is 2.46. The van der Waals surface area contributed by atoms with E-state index < -0.39 is 5.97 Å². The minimum Gasteiger partial charge on any atom is -0.480 e. The molecule has 0 saturated carbocycles. The van der Waals surface area contributed by atoms with Crippen molar-refractivity contribution in [3.05, 3.63) is 0 Å². The fourth-order valence-electron chi connectivity index (χ4n) is 2.46. The molecule has 2 unspecified atom stereocenters. The third-order valence-electron chi connectivity index (χ3n) is 3.61. The first kappa shape index (κ1) is 14.0. The van der Waals surface area contributed by atoms with Crippen LogP contribution in [0.2, 0.25) is 0 Å². The third kappa shape index (κ3) is 3.71. The van der Waals surface area contributed by atoms with Crippen LogP contribution in [0.3, 0.4) is 0 Å². The van der Waals surface area contributed by atoms with Crippen LogP contribution in [-0.2, 0) is 4.79 Å². The molecule has 1 saturated heterocycles. The van der Waals surface area contributed by atoms with Crippen LogP contribution in [0.25, 0.3) is 0 Å². The van der Waals surface area contributed by atoms with Crippen LogP contribution >= 0.6 is 0 Å². The normalized spacial score (nSPS) is 25.8. The number of likely N-dealkylation sites (tertiary alicyclic amines) is 1. The summed E-state index contributed by atoms with van der Waals surface area (Å²) in [5.74, 6) is -0.481. The summed E-state index contributed by atoms with van der Waals surface area (Å²) in [5, 5.41) is 18.1. The van der Waals surface area contributed by atoms with Gasteiger partial charge in [-0.1, -0.05) is 6.92 Å². The molecule has 0 bridgehead atoms. The highest BCUT2D eigenvalue weighted by atomic mass is 16.4. The molecule has 2 atom stereocenters. The zero-order valence-electron chi connectivity index (χ0n) is 10.9. The summed E-state index contributed by atoms with van der Waals surface area (Å²) in [7, 11) is 0. The molecule has 1 aliphatic rings. The Labute approximate surface area is 103 Å². The van der Waals surface area contributed by atoms with Crippen molar-refractivity contribution in [3.63, 3.8) is 0 Å². The van der Waals surface area contributed by atoms with Crippen LogP contribution in [0.15, 0.2) is 0 Å². The zero-order valence-corrected chi connectivity index (χ0v) is 10.9. The van der Waals surface area contributed by atoms with Crippen molar-refractivity contribution in [3.8, 4) is 6.07 Å². The largest absolute Gasteiger partial charge is 0.480 e. The van der Waals surface area contributed by atoms with E-state index in [0.717, 1.165) is 32.4 Å². The Bertz CT molecular complexity index is 320. The summed E-state index contributed by atoms with van der Waals surface area (Å²) < 4.78 is 0. The lowest BCUT2D eigenvalue weighted by Gasteiger charge is -2.24. The molecule has 17 heavy (non-hydrogen) atoms. The molecule has 0 radical (unpaired) electrons. The van der Waals surface area contributed by atoms with E-state index in [1.807, 2.05) is 25.7 Å². The zero-order chi connectivity index (χ0) is 13.1. The van der Waals surface area contributed by atoms with Crippen molar-refractivity contribution in [1.29, 1.82) is 5.26 Å². The van der Waals surface area contributed by atoms with Crippen LogP contribution in [0.5, 0.6) is 0 Å². The average Bonchev–Trinajstić information content (AvgIpc) is 2.59. The van der Waals surface area contributed by atoms with Crippen LogP contribution in [0.4, 0.5) is 0 Å². The van der Waals surface area contributed by atoms with Crippen molar-refractivity contribution in [1.82, 2.24) is 4.90 Å². The summed E-state index contributed by atoms with van der Waals surface area (Å²) in [4.78, 5) is 13.2. The monoisotopic (exact) mass is 238 g/mol. The topological polar surface area (TPSA) is 64.3 Å². The standard InChI is InChI=1S/C13H22N2O2/c1-10-5-8-15(11(10)12(16)17)7-4-6-13(2,3)9-14/h10-11H,4-8H2,1-3H3,(H,16,17). The smallest absolute Gasteiger partial charge is 0.321 e. The van der Waals surface area contributed by atoms with Gasteiger partial charge in [0.25, 0.3) is 0 Å². The number of carbonyl (C=O) groups is 1. The van der Waals surface area contributed by atoms with Crippen LogP contribution < -0.4 is 0 Å². The highest BCUT2D eigenvalue weighted by Crippen LogP contribution is 2.26. The molecule has 0 aromatic carbocycles. The summed E-state index contributed by atoms with van der Waals surface area (Å²) in [5.41, 5.74) is -0.302. The molecule has 0 spiro atoms. The quantitative estimate of drug-likeness (QED) is 0.796. The van der Waals surface area contributed by atoms with Gasteiger partial charge in [-0.3, -0.25) is 9.69 Å². The number of hydrogen-bond acceptors (Lipinski definition) is 3. The van der Waals surface area contributed by atoms with Gasteiger partial charge in [0, 0.05) is 0 Å². The average molecular weight is 238 g/mol. The van der Waals surface area contributed by atoms with Gasteiger partial charge in [0.15, 0.2) is 0 Å². The second-order valence-electron chi connectivity index (χ2n) is 5.68. The molecular formula is C13H22N2O2. The number of hydrogen-bond donors (Lipinski definition) is 1. The summed E-state index contributed by atoms with van der Waals surface area (Å²) >= 11 is 0. The number of carboxylic acids is 1. The minimum absolute atomic E-state index is 0.233. The van der Waals surface area contributed by atoms with Crippen LogP contribution in [-0.4, -0.2) is 35.1 Å². The van der Waals surface area contributed by atoms with E-state index in [-0.39, 0.29) is 17.4 Å². The molecule has 0 aromatic heterocycles. The summed E-state index contributed by atoms with van der Waals surface area (Å²) in [6.45, 7) is 7.50. The van der Waals surface area contributed by atoms with E-state index >= 15 is 0 Å². The molecule has 0 aliphatic carbocycles. The molecule has 1 N–H and O–H groups in total. The van der Waals surface area contributed by atoms with Gasteiger partial charge in [0.05, 0.1) is 11.5 Å². The second kappa shape index (κ2) is 5.50. The van der Waals surface area contributed by atoms with Crippen molar-refractivity contribution < 1.29 is 9.90 Å². The maximum Gasteiger partial charge on any atom is 0.321 e. The number of rotatable bonds is 5. The number of carboxylic acid groups (broad SMARTS) is 1. The molecule has 1 heterocycles. The van der Waals surface area contributed by atoms with Gasteiger partial charge in [0.2, 0.25) is 0 Å². The van der Waals surface area contributed by atoms with Crippen molar-refractivity contribution in [2.75, 3.05) is 13.1 Å². The van der Waals surface area contributed by atoms with Gasteiger partial charge in [-0.2, -0.15) is 5.26 Å². The van der Waals surface area contributed by atoms with Crippen molar-refractivity contribution in [2.24, 2.45) is 11.3 Å². The molecule has 1 rings (SSSR count). The van der Waals surface area contributed by atoms with Gasteiger partial charge in [-0.25, -0.2) is 0 Å². The molecule has 1 aliphatic heterocycles. The minimum atomic E-state index is -0.713. The number of nitriles is 1. The Morgan fingerprint density at radius 2 is 2.24 bits per heavy atom. The maximum absolute atomic E-state index is 11.1.